The summed E-state index contributed by atoms with van der Waals surface area (Å²) in [5.74, 6) is 0. The number of hydrogen-bond acceptors (Lipinski definition) is 2. The molecule has 2 heterocycles. The molecule has 0 spiro atoms. The third-order valence-electron chi connectivity index (χ3n) is 3.91. The first-order valence-electron chi connectivity index (χ1n) is 6.55. The monoisotopic (exact) mass is 228 g/mol. The summed E-state index contributed by atoms with van der Waals surface area (Å²) >= 11 is 0. The van der Waals surface area contributed by atoms with Crippen LogP contribution in [0.2, 0.25) is 0 Å². The summed E-state index contributed by atoms with van der Waals surface area (Å²) in [4.78, 5) is 2.54. The van der Waals surface area contributed by atoms with Gasteiger partial charge >= 0.3 is 0 Å². The second-order valence-corrected chi connectivity index (χ2v) is 5.14. The molecule has 2 aliphatic heterocycles. The molecular formula is C15H20N2. The zero-order chi connectivity index (χ0) is 11.7. The van der Waals surface area contributed by atoms with Gasteiger partial charge in [0.25, 0.3) is 0 Å². The van der Waals surface area contributed by atoms with Crippen LogP contribution in [0.15, 0.2) is 35.4 Å². The number of benzene rings is 1. The summed E-state index contributed by atoms with van der Waals surface area (Å²) in [7, 11) is 0. The molecule has 1 saturated heterocycles. The predicted octanol–water partition coefficient (Wildman–Crippen LogP) is 2.36. The van der Waals surface area contributed by atoms with Crippen molar-refractivity contribution in [3.63, 3.8) is 0 Å². The van der Waals surface area contributed by atoms with Gasteiger partial charge in [-0.25, -0.2) is 0 Å². The maximum absolute atomic E-state index is 3.32. The Balaban J connectivity index is 1.81. The molecule has 17 heavy (non-hydrogen) atoms. The molecule has 0 aliphatic carbocycles. The van der Waals surface area contributed by atoms with E-state index < -0.39 is 0 Å². The van der Waals surface area contributed by atoms with Gasteiger partial charge in [-0.2, -0.15) is 0 Å². The normalized spacial score (nSPS) is 18.6. The van der Waals surface area contributed by atoms with Gasteiger partial charge in [-0.15, -0.1) is 0 Å². The fourth-order valence-electron chi connectivity index (χ4n) is 2.73. The third kappa shape index (κ3) is 2.09. The zero-order valence-corrected chi connectivity index (χ0v) is 10.5. The largest absolute Gasteiger partial charge is 0.367 e. The van der Waals surface area contributed by atoms with Crippen LogP contribution in [-0.2, 0) is 6.42 Å². The van der Waals surface area contributed by atoms with E-state index in [1.54, 1.807) is 11.1 Å². The Hall–Kier alpha value is -1.28. The van der Waals surface area contributed by atoms with Gasteiger partial charge in [0.2, 0.25) is 0 Å². The van der Waals surface area contributed by atoms with E-state index in [1.165, 1.54) is 30.6 Å². The lowest BCUT2D eigenvalue weighted by atomic mass is 9.99. The van der Waals surface area contributed by atoms with E-state index in [0.29, 0.717) is 0 Å². The molecule has 0 atom stereocenters. The Morgan fingerprint density at radius 2 is 2.12 bits per heavy atom. The number of hydrogen-bond donors (Lipinski definition) is 1. The third-order valence-corrected chi connectivity index (χ3v) is 3.91. The summed E-state index contributed by atoms with van der Waals surface area (Å²) in [6, 6.07) is 8.86. The second-order valence-electron chi connectivity index (χ2n) is 5.14. The highest BCUT2D eigenvalue weighted by atomic mass is 15.1. The van der Waals surface area contributed by atoms with Crippen molar-refractivity contribution in [3.8, 4) is 0 Å². The molecular weight excluding hydrogens is 208 g/mol. The van der Waals surface area contributed by atoms with Gasteiger partial charge in [-0.1, -0.05) is 23.8 Å². The maximum atomic E-state index is 3.32. The van der Waals surface area contributed by atoms with Gasteiger partial charge < -0.3 is 10.2 Å². The highest BCUT2D eigenvalue weighted by Crippen LogP contribution is 2.27. The van der Waals surface area contributed by atoms with Crippen molar-refractivity contribution in [2.45, 2.75) is 19.8 Å². The van der Waals surface area contributed by atoms with Crippen molar-refractivity contribution >= 4 is 5.69 Å². The van der Waals surface area contributed by atoms with Crippen molar-refractivity contribution in [2.75, 3.05) is 31.1 Å². The summed E-state index contributed by atoms with van der Waals surface area (Å²) in [5.41, 5.74) is 6.13. The number of nitrogens with one attached hydrogen (secondary N) is 1. The average Bonchev–Trinajstić information content (AvgIpc) is 2.27. The minimum Gasteiger partial charge on any atom is -0.367 e. The Labute approximate surface area is 103 Å². The first kappa shape index (κ1) is 10.8. The Kier molecular flexibility index (Phi) is 2.89. The molecule has 2 heteroatoms. The number of rotatable bonds is 2. The first-order chi connectivity index (χ1) is 8.34. The topological polar surface area (TPSA) is 15.3 Å². The molecule has 0 unspecified atom stereocenters. The Morgan fingerprint density at radius 3 is 2.88 bits per heavy atom. The van der Waals surface area contributed by atoms with Crippen molar-refractivity contribution in [1.82, 2.24) is 5.32 Å². The lowest BCUT2D eigenvalue weighted by molar-refractivity contribution is 0.645. The van der Waals surface area contributed by atoms with Crippen LogP contribution < -0.4 is 10.2 Å². The van der Waals surface area contributed by atoms with Crippen LogP contribution in [-0.4, -0.2) is 26.2 Å². The molecule has 0 saturated carbocycles. The van der Waals surface area contributed by atoms with Crippen LogP contribution >= 0.6 is 0 Å². The molecule has 2 nitrogen and oxygen atoms in total. The number of para-hydroxylation sites is 1. The molecule has 1 aromatic rings. The fraction of sp³-hybridized carbons (Fsp3) is 0.467. The minimum absolute atomic E-state index is 1.10. The van der Waals surface area contributed by atoms with Crippen LogP contribution in [0.1, 0.15) is 18.9 Å². The van der Waals surface area contributed by atoms with Gasteiger partial charge in [0.1, 0.15) is 0 Å². The van der Waals surface area contributed by atoms with Gasteiger partial charge in [0, 0.05) is 31.9 Å². The van der Waals surface area contributed by atoms with E-state index in [1.807, 2.05) is 0 Å². The summed E-state index contributed by atoms with van der Waals surface area (Å²) in [6.45, 7) is 6.79. The maximum Gasteiger partial charge on any atom is 0.0401 e. The number of nitrogens with zero attached hydrogens (tertiary/aromatic N) is 1. The standard InChI is InChI=1S/C15H20N2/c1-12(14-9-16-10-14)11-17-8-4-6-13-5-2-3-7-15(13)17/h2-3,5,7,16H,4,6,8-11H2,1H3. The highest BCUT2D eigenvalue weighted by molar-refractivity contribution is 5.56. The van der Waals surface area contributed by atoms with Crippen molar-refractivity contribution in [1.29, 1.82) is 0 Å². The molecule has 0 bridgehead atoms. The summed E-state index contributed by atoms with van der Waals surface area (Å²) < 4.78 is 0. The average molecular weight is 228 g/mol. The van der Waals surface area contributed by atoms with E-state index in [0.717, 1.165) is 19.6 Å². The first-order valence-corrected chi connectivity index (χ1v) is 6.55. The Morgan fingerprint density at radius 1 is 1.29 bits per heavy atom. The predicted molar refractivity (Wildman–Crippen MR) is 72.5 cm³/mol. The molecule has 0 radical (unpaired) electrons. The lowest BCUT2D eigenvalue weighted by Crippen LogP contribution is -2.37. The van der Waals surface area contributed by atoms with Gasteiger partial charge in [0.15, 0.2) is 0 Å². The minimum atomic E-state index is 1.10. The number of anilines is 1. The van der Waals surface area contributed by atoms with E-state index in [9.17, 15) is 0 Å². The second kappa shape index (κ2) is 4.53. The molecule has 0 amide bonds. The summed E-state index contributed by atoms with van der Waals surface area (Å²) in [5, 5.41) is 3.32. The molecule has 2 aliphatic rings. The molecule has 3 rings (SSSR count). The zero-order valence-electron chi connectivity index (χ0n) is 10.5. The van der Waals surface area contributed by atoms with E-state index in [4.69, 9.17) is 0 Å². The smallest absolute Gasteiger partial charge is 0.0401 e. The van der Waals surface area contributed by atoms with Crippen LogP contribution in [0.25, 0.3) is 0 Å². The van der Waals surface area contributed by atoms with E-state index >= 15 is 0 Å². The fourth-order valence-corrected chi connectivity index (χ4v) is 2.73. The molecule has 90 valence electrons. The van der Waals surface area contributed by atoms with Crippen molar-refractivity contribution in [3.05, 3.63) is 41.0 Å². The van der Waals surface area contributed by atoms with E-state index in [-0.39, 0.29) is 0 Å². The molecule has 1 fully saturated rings. The number of fused-ring (bicyclic) bond motifs is 1. The lowest BCUT2D eigenvalue weighted by Gasteiger charge is -2.33. The van der Waals surface area contributed by atoms with Gasteiger partial charge in [-0.05, 0) is 37.0 Å². The van der Waals surface area contributed by atoms with Crippen molar-refractivity contribution in [2.24, 2.45) is 0 Å². The van der Waals surface area contributed by atoms with Crippen LogP contribution in [0, 0.1) is 0 Å². The van der Waals surface area contributed by atoms with Gasteiger partial charge in [-0.3, -0.25) is 0 Å². The van der Waals surface area contributed by atoms with Crippen LogP contribution in [0.5, 0.6) is 0 Å². The van der Waals surface area contributed by atoms with Crippen LogP contribution in [0.4, 0.5) is 5.69 Å². The van der Waals surface area contributed by atoms with Crippen LogP contribution in [0.3, 0.4) is 0 Å². The highest BCUT2D eigenvalue weighted by Gasteiger charge is 2.18. The van der Waals surface area contributed by atoms with E-state index in [2.05, 4.69) is 41.4 Å². The SMILES string of the molecule is CC(CN1CCCc2ccccc21)=C1CNC1. The Bertz CT molecular complexity index is 442. The summed E-state index contributed by atoms with van der Waals surface area (Å²) in [6.07, 6.45) is 2.53. The molecule has 0 aromatic heterocycles. The number of aryl methyl sites for hydroxylation is 1. The van der Waals surface area contributed by atoms with Gasteiger partial charge in [0.05, 0.1) is 0 Å². The molecule has 1 aromatic carbocycles. The van der Waals surface area contributed by atoms with Crippen molar-refractivity contribution < 1.29 is 0 Å². The quantitative estimate of drug-likeness (QED) is 0.782. The molecule has 1 N–H and O–H groups in total.